The predicted octanol–water partition coefficient (Wildman–Crippen LogP) is 2.10. The van der Waals surface area contributed by atoms with E-state index in [2.05, 4.69) is 0 Å². The number of nitrogens with two attached hydrogens (primary N) is 1. The van der Waals surface area contributed by atoms with E-state index in [4.69, 9.17) is 10.5 Å². The Kier molecular flexibility index (Phi) is 1.66. The first-order valence-corrected chi connectivity index (χ1v) is 5.29. The van der Waals surface area contributed by atoms with Crippen LogP contribution in [0.1, 0.15) is 24.8 Å². The third-order valence-corrected chi connectivity index (χ3v) is 3.74. The number of ether oxygens (including phenoxy) is 1. The summed E-state index contributed by atoms with van der Waals surface area (Å²) in [4.78, 5) is 10.7. The standard InChI is InChI=1S/C12H12FNO2/c13-9-4-2-1-3-8(9)11-5-12(6-11,7-11)16-10(14)15/h1-4H,5-7H2,(H2,14,15). The highest BCUT2D eigenvalue weighted by molar-refractivity contribution is 5.66. The van der Waals surface area contributed by atoms with Gasteiger partial charge in [-0.05, 0) is 30.9 Å². The van der Waals surface area contributed by atoms with E-state index in [1.807, 2.05) is 12.1 Å². The number of amides is 1. The zero-order valence-corrected chi connectivity index (χ0v) is 8.70. The molecule has 0 unspecified atom stereocenters. The van der Waals surface area contributed by atoms with E-state index in [9.17, 15) is 9.18 Å². The van der Waals surface area contributed by atoms with Gasteiger partial charge in [-0.1, -0.05) is 18.2 Å². The zero-order chi connectivity index (χ0) is 11.4. The lowest BCUT2D eigenvalue weighted by Gasteiger charge is -2.68. The van der Waals surface area contributed by atoms with Crippen LogP contribution in [0.15, 0.2) is 24.3 Å². The molecule has 2 bridgehead atoms. The maximum atomic E-state index is 13.6. The molecular formula is C12H12FNO2. The van der Waals surface area contributed by atoms with Crippen LogP contribution in [0.2, 0.25) is 0 Å². The number of hydrogen-bond acceptors (Lipinski definition) is 2. The molecule has 2 N–H and O–H groups in total. The molecule has 3 aliphatic rings. The Morgan fingerprint density at radius 2 is 1.94 bits per heavy atom. The number of carbonyl (C=O) groups is 1. The maximum Gasteiger partial charge on any atom is 0.405 e. The van der Waals surface area contributed by atoms with E-state index in [1.165, 1.54) is 6.07 Å². The number of rotatable bonds is 2. The van der Waals surface area contributed by atoms with Gasteiger partial charge in [0, 0.05) is 5.41 Å². The van der Waals surface area contributed by atoms with Crippen molar-refractivity contribution in [1.82, 2.24) is 0 Å². The van der Waals surface area contributed by atoms with Gasteiger partial charge in [0.2, 0.25) is 0 Å². The summed E-state index contributed by atoms with van der Waals surface area (Å²) in [6.07, 6.45) is 1.36. The first-order chi connectivity index (χ1) is 7.55. The van der Waals surface area contributed by atoms with E-state index in [0.717, 1.165) is 5.56 Å². The van der Waals surface area contributed by atoms with E-state index < -0.39 is 11.7 Å². The molecular weight excluding hydrogens is 209 g/mol. The van der Waals surface area contributed by atoms with Crippen molar-refractivity contribution in [2.24, 2.45) is 5.73 Å². The van der Waals surface area contributed by atoms with Gasteiger partial charge in [0.25, 0.3) is 0 Å². The van der Waals surface area contributed by atoms with Gasteiger partial charge in [-0.3, -0.25) is 0 Å². The van der Waals surface area contributed by atoms with Crippen LogP contribution in [0, 0.1) is 5.82 Å². The smallest absolute Gasteiger partial charge is 0.405 e. The minimum absolute atomic E-state index is 0.110. The Hall–Kier alpha value is -1.58. The van der Waals surface area contributed by atoms with E-state index in [0.29, 0.717) is 19.3 Å². The average molecular weight is 221 g/mol. The van der Waals surface area contributed by atoms with Crippen molar-refractivity contribution >= 4 is 6.09 Å². The highest BCUT2D eigenvalue weighted by atomic mass is 19.1. The first kappa shape index (κ1) is 9.63. The van der Waals surface area contributed by atoms with Gasteiger partial charge in [0.1, 0.15) is 11.4 Å². The third-order valence-electron chi connectivity index (χ3n) is 3.74. The molecule has 4 heteroatoms. The summed E-state index contributed by atoms with van der Waals surface area (Å²) < 4.78 is 18.6. The second-order valence-corrected chi connectivity index (χ2v) is 4.89. The normalized spacial score (nSPS) is 34.8. The largest absolute Gasteiger partial charge is 0.443 e. The minimum Gasteiger partial charge on any atom is -0.443 e. The van der Waals surface area contributed by atoms with Crippen molar-refractivity contribution in [2.45, 2.75) is 30.3 Å². The summed E-state index contributed by atoms with van der Waals surface area (Å²) in [6.45, 7) is 0. The molecule has 84 valence electrons. The molecule has 0 aliphatic heterocycles. The number of carbonyl (C=O) groups excluding carboxylic acids is 1. The van der Waals surface area contributed by atoms with E-state index in [1.54, 1.807) is 6.07 Å². The molecule has 1 aromatic rings. The topological polar surface area (TPSA) is 52.3 Å². The Labute approximate surface area is 92.4 Å². The predicted molar refractivity (Wildman–Crippen MR) is 55.3 cm³/mol. The van der Waals surface area contributed by atoms with Crippen molar-refractivity contribution in [3.8, 4) is 0 Å². The van der Waals surface area contributed by atoms with Crippen LogP contribution in [-0.4, -0.2) is 11.7 Å². The molecule has 0 heterocycles. The van der Waals surface area contributed by atoms with Crippen LogP contribution in [0.4, 0.5) is 9.18 Å². The lowest BCUT2D eigenvalue weighted by molar-refractivity contribution is -0.211. The van der Waals surface area contributed by atoms with Crippen molar-refractivity contribution in [2.75, 3.05) is 0 Å². The number of halogens is 1. The lowest BCUT2D eigenvalue weighted by Crippen LogP contribution is -2.71. The van der Waals surface area contributed by atoms with Gasteiger partial charge in [-0.15, -0.1) is 0 Å². The highest BCUT2D eigenvalue weighted by Crippen LogP contribution is 2.69. The lowest BCUT2D eigenvalue weighted by atomic mass is 9.39. The quantitative estimate of drug-likeness (QED) is 0.831. The van der Waals surface area contributed by atoms with Gasteiger partial charge in [0.15, 0.2) is 0 Å². The molecule has 0 aromatic heterocycles. The van der Waals surface area contributed by atoms with Crippen LogP contribution in [0.3, 0.4) is 0 Å². The third kappa shape index (κ3) is 1.10. The first-order valence-electron chi connectivity index (χ1n) is 5.29. The molecule has 3 aliphatic carbocycles. The minimum atomic E-state index is -0.734. The summed E-state index contributed by atoms with van der Waals surface area (Å²) in [7, 11) is 0. The second kappa shape index (κ2) is 2.75. The van der Waals surface area contributed by atoms with Crippen LogP contribution >= 0.6 is 0 Å². The summed E-state index contributed by atoms with van der Waals surface area (Å²) in [5.74, 6) is -0.171. The maximum absolute atomic E-state index is 13.6. The molecule has 0 saturated heterocycles. The molecule has 0 spiro atoms. The van der Waals surface area contributed by atoms with Crippen molar-refractivity contribution < 1.29 is 13.9 Å². The van der Waals surface area contributed by atoms with Crippen molar-refractivity contribution in [1.29, 1.82) is 0 Å². The van der Waals surface area contributed by atoms with Crippen LogP contribution in [0.25, 0.3) is 0 Å². The van der Waals surface area contributed by atoms with Crippen LogP contribution in [-0.2, 0) is 10.2 Å². The molecule has 1 amide bonds. The molecule has 3 nitrogen and oxygen atoms in total. The second-order valence-electron chi connectivity index (χ2n) is 4.89. The van der Waals surface area contributed by atoms with Crippen molar-refractivity contribution in [3.05, 3.63) is 35.6 Å². The molecule has 0 atom stereocenters. The molecule has 0 radical (unpaired) electrons. The summed E-state index contributed by atoms with van der Waals surface area (Å²) in [5.41, 5.74) is 5.22. The number of primary amides is 1. The summed E-state index contributed by atoms with van der Waals surface area (Å²) in [6, 6.07) is 6.79. The monoisotopic (exact) mass is 221 g/mol. The number of benzene rings is 1. The van der Waals surface area contributed by atoms with E-state index in [-0.39, 0.29) is 11.2 Å². The van der Waals surface area contributed by atoms with Crippen molar-refractivity contribution in [3.63, 3.8) is 0 Å². The fourth-order valence-electron chi connectivity index (χ4n) is 3.19. The molecule has 16 heavy (non-hydrogen) atoms. The van der Waals surface area contributed by atoms with E-state index >= 15 is 0 Å². The SMILES string of the molecule is NC(=O)OC12CC(c3ccccc3F)(C1)C2. The van der Waals surface area contributed by atoms with Gasteiger partial charge in [0.05, 0.1) is 0 Å². The Balaban J connectivity index is 1.79. The van der Waals surface area contributed by atoms with Gasteiger partial charge >= 0.3 is 6.09 Å². The van der Waals surface area contributed by atoms with Gasteiger partial charge < -0.3 is 10.5 Å². The van der Waals surface area contributed by atoms with Crippen LogP contribution in [0.5, 0.6) is 0 Å². The zero-order valence-electron chi connectivity index (χ0n) is 8.70. The number of hydrogen-bond donors (Lipinski definition) is 1. The Morgan fingerprint density at radius 3 is 2.50 bits per heavy atom. The fourth-order valence-corrected chi connectivity index (χ4v) is 3.19. The summed E-state index contributed by atoms with van der Waals surface area (Å²) >= 11 is 0. The highest BCUT2D eigenvalue weighted by Gasteiger charge is 2.71. The van der Waals surface area contributed by atoms with Crippen LogP contribution < -0.4 is 5.73 Å². The Bertz CT molecular complexity index is 452. The molecule has 3 fully saturated rings. The summed E-state index contributed by atoms with van der Waals surface area (Å²) in [5, 5.41) is 0. The molecule has 4 rings (SSSR count). The fraction of sp³-hybridized carbons (Fsp3) is 0.417. The molecule has 1 aromatic carbocycles. The molecule has 3 saturated carbocycles. The Morgan fingerprint density at radius 1 is 1.31 bits per heavy atom. The van der Waals surface area contributed by atoms with Gasteiger partial charge in [-0.2, -0.15) is 0 Å². The van der Waals surface area contributed by atoms with Gasteiger partial charge in [-0.25, -0.2) is 9.18 Å². The average Bonchev–Trinajstić information content (AvgIpc) is 2.10.